The van der Waals surface area contributed by atoms with E-state index in [4.69, 9.17) is 14.2 Å². The maximum absolute atomic E-state index is 14.6. The molecule has 1 aromatic carbocycles. The highest BCUT2D eigenvalue weighted by Crippen LogP contribution is 2.28. The molecule has 3 atom stereocenters. The molecule has 160 valence electrons. The fourth-order valence-corrected chi connectivity index (χ4v) is 3.02. The molecule has 0 saturated carbocycles. The lowest BCUT2D eigenvalue weighted by molar-refractivity contribution is 0.0498. The van der Waals surface area contributed by atoms with Gasteiger partial charge in [-0.3, -0.25) is 0 Å². The number of ether oxygens (including phenoxy) is 3. The lowest BCUT2D eigenvalue weighted by Crippen LogP contribution is -2.46. The van der Waals surface area contributed by atoms with Crippen LogP contribution in [0.25, 0.3) is 0 Å². The van der Waals surface area contributed by atoms with Gasteiger partial charge in [-0.05, 0) is 32.8 Å². The minimum atomic E-state index is -0.900. The molecular formula is C21H30FN3O4. The molecule has 1 N–H and O–H groups in total. The van der Waals surface area contributed by atoms with Crippen LogP contribution in [0.3, 0.4) is 0 Å². The van der Waals surface area contributed by atoms with E-state index in [2.05, 4.69) is 15.3 Å². The first kappa shape index (κ1) is 22.6. The first-order valence-electron chi connectivity index (χ1n) is 9.54. The number of alkyl carbamates (subject to hydrolysis) is 1. The molecule has 1 aliphatic rings. The van der Waals surface area contributed by atoms with Crippen LogP contribution in [-0.4, -0.2) is 49.8 Å². The number of nitrogens with zero attached hydrogens (tertiary/aromatic N) is 2. The van der Waals surface area contributed by atoms with E-state index in [9.17, 15) is 9.18 Å². The van der Waals surface area contributed by atoms with Crippen molar-refractivity contribution in [1.82, 2.24) is 5.32 Å². The molecule has 29 heavy (non-hydrogen) atoms. The number of hydrogen-bond donors (Lipinski definition) is 1. The van der Waals surface area contributed by atoms with E-state index in [-0.39, 0.29) is 23.4 Å². The third-order valence-electron chi connectivity index (χ3n) is 4.32. The van der Waals surface area contributed by atoms with Gasteiger partial charge >= 0.3 is 6.09 Å². The SMILES string of the molecule is COC1=N[C@H](C(C)C)C(OC)=N[C@H]1[C@H](NC(=O)OC(C)(C)C)c1ccccc1F. The average molecular weight is 407 g/mol. The van der Waals surface area contributed by atoms with E-state index in [0.717, 1.165) is 0 Å². The maximum atomic E-state index is 14.6. The summed E-state index contributed by atoms with van der Waals surface area (Å²) in [6.07, 6.45) is -0.693. The Balaban J connectivity index is 2.49. The van der Waals surface area contributed by atoms with Crippen molar-refractivity contribution in [3.05, 3.63) is 35.6 Å². The molecule has 0 radical (unpaired) electrons. The third-order valence-corrected chi connectivity index (χ3v) is 4.32. The molecule has 2 rings (SSSR count). The van der Waals surface area contributed by atoms with Gasteiger partial charge in [0.1, 0.15) is 17.5 Å². The average Bonchev–Trinajstić information content (AvgIpc) is 2.64. The summed E-state index contributed by atoms with van der Waals surface area (Å²) < 4.78 is 30.9. The van der Waals surface area contributed by atoms with Gasteiger partial charge in [0.2, 0.25) is 11.8 Å². The van der Waals surface area contributed by atoms with Crippen LogP contribution >= 0.6 is 0 Å². The van der Waals surface area contributed by atoms with E-state index in [0.29, 0.717) is 5.90 Å². The van der Waals surface area contributed by atoms with Crippen molar-refractivity contribution < 1.29 is 23.4 Å². The molecule has 0 fully saturated rings. The zero-order valence-corrected chi connectivity index (χ0v) is 18.0. The monoisotopic (exact) mass is 407 g/mol. The van der Waals surface area contributed by atoms with E-state index in [1.165, 1.54) is 20.3 Å². The summed E-state index contributed by atoms with van der Waals surface area (Å²) >= 11 is 0. The van der Waals surface area contributed by atoms with Crippen LogP contribution in [-0.2, 0) is 14.2 Å². The fraction of sp³-hybridized carbons (Fsp3) is 0.571. The van der Waals surface area contributed by atoms with Gasteiger partial charge in [-0.1, -0.05) is 32.0 Å². The van der Waals surface area contributed by atoms with E-state index < -0.39 is 29.6 Å². The van der Waals surface area contributed by atoms with Crippen molar-refractivity contribution in [3.8, 4) is 0 Å². The van der Waals surface area contributed by atoms with Crippen molar-refractivity contribution in [3.63, 3.8) is 0 Å². The Kier molecular flexibility index (Phi) is 7.21. The van der Waals surface area contributed by atoms with E-state index in [1.54, 1.807) is 39.0 Å². The smallest absolute Gasteiger partial charge is 0.408 e. The molecule has 1 amide bonds. The topological polar surface area (TPSA) is 81.5 Å². The Bertz CT molecular complexity index is 786. The highest BCUT2D eigenvalue weighted by molar-refractivity contribution is 5.95. The molecule has 7 nitrogen and oxygen atoms in total. The summed E-state index contributed by atoms with van der Waals surface area (Å²) in [5.41, 5.74) is -0.464. The van der Waals surface area contributed by atoms with Gasteiger partial charge in [0.15, 0.2) is 6.04 Å². The van der Waals surface area contributed by atoms with E-state index in [1.807, 2.05) is 13.8 Å². The van der Waals surface area contributed by atoms with Gasteiger partial charge in [-0.25, -0.2) is 19.2 Å². The molecule has 0 bridgehead atoms. The Morgan fingerprint density at radius 2 is 1.62 bits per heavy atom. The Morgan fingerprint density at radius 1 is 1.07 bits per heavy atom. The number of methoxy groups -OCH3 is 2. The zero-order valence-electron chi connectivity index (χ0n) is 18.0. The number of rotatable bonds is 4. The lowest BCUT2D eigenvalue weighted by Gasteiger charge is -2.32. The second-order valence-corrected chi connectivity index (χ2v) is 8.12. The molecular weight excluding hydrogens is 377 g/mol. The first-order valence-corrected chi connectivity index (χ1v) is 9.54. The number of hydrogen-bond acceptors (Lipinski definition) is 6. The molecule has 0 unspecified atom stereocenters. The number of carbonyl (C=O) groups excluding carboxylic acids is 1. The van der Waals surface area contributed by atoms with Crippen molar-refractivity contribution in [2.45, 2.75) is 58.3 Å². The first-order chi connectivity index (χ1) is 13.6. The maximum Gasteiger partial charge on any atom is 0.408 e. The lowest BCUT2D eigenvalue weighted by atomic mass is 9.96. The van der Waals surface area contributed by atoms with Crippen molar-refractivity contribution in [2.75, 3.05) is 14.2 Å². The summed E-state index contributed by atoms with van der Waals surface area (Å²) in [5.74, 6) is 0.321. The van der Waals surface area contributed by atoms with Gasteiger partial charge in [0, 0.05) is 5.56 Å². The summed E-state index contributed by atoms with van der Waals surface area (Å²) in [6.45, 7) is 9.23. The van der Waals surface area contributed by atoms with Crippen LogP contribution in [0.4, 0.5) is 9.18 Å². The number of amides is 1. The number of nitrogens with one attached hydrogen (secondary N) is 1. The molecule has 0 saturated heterocycles. The minimum Gasteiger partial charge on any atom is -0.483 e. The summed E-state index contributed by atoms with van der Waals surface area (Å²) in [4.78, 5) is 21.7. The Labute approximate surface area is 171 Å². The van der Waals surface area contributed by atoms with Gasteiger partial charge in [-0.15, -0.1) is 0 Å². The van der Waals surface area contributed by atoms with Crippen LogP contribution in [0.5, 0.6) is 0 Å². The number of aliphatic imine (C=N–C) groups is 2. The normalized spacial score (nSPS) is 20.4. The highest BCUT2D eigenvalue weighted by Gasteiger charge is 2.38. The molecule has 1 heterocycles. The Hall–Kier alpha value is -2.64. The van der Waals surface area contributed by atoms with Gasteiger partial charge in [0.05, 0.1) is 20.3 Å². The van der Waals surface area contributed by atoms with Crippen LogP contribution in [0.2, 0.25) is 0 Å². The van der Waals surface area contributed by atoms with Crippen molar-refractivity contribution in [1.29, 1.82) is 0 Å². The fourth-order valence-electron chi connectivity index (χ4n) is 3.02. The molecule has 0 aromatic heterocycles. The van der Waals surface area contributed by atoms with Crippen LogP contribution in [0.15, 0.2) is 34.3 Å². The molecule has 8 heteroatoms. The number of benzene rings is 1. The highest BCUT2D eigenvalue weighted by atomic mass is 19.1. The third kappa shape index (κ3) is 5.68. The quantitative estimate of drug-likeness (QED) is 0.821. The number of carbonyl (C=O) groups is 1. The molecule has 1 aromatic rings. The van der Waals surface area contributed by atoms with Crippen molar-refractivity contribution >= 4 is 17.9 Å². The molecule has 0 spiro atoms. The van der Waals surface area contributed by atoms with Crippen LogP contribution in [0.1, 0.15) is 46.2 Å². The predicted octanol–water partition coefficient (Wildman–Crippen LogP) is 3.89. The molecule has 0 aliphatic carbocycles. The Morgan fingerprint density at radius 3 is 2.14 bits per heavy atom. The van der Waals surface area contributed by atoms with Gasteiger partial charge in [0.25, 0.3) is 0 Å². The second kappa shape index (κ2) is 9.24. The van der Waals surface area contributed by atoms with Crippen LogP contribution < -0.4 is 5.32 Å². The molecule has 1 aliphatic heterocycles. The summed E-state index contributed by atoms with van der Waals surface area (Å²) in [7, 11) is 2.99. The zero-order chi connectivity index (χ0) is 21.8. The van der Waals surface area contributed by atoms with Crippen LogP contribution in [0, 0.1) is 11.7 Å². The van der Waals surface area contributed by atoms with Gasteiger partial charge < -0.3 is 19.5 Å². The van der Waals surface area contributed by atoms with E-state index >= 15 is 0 Å². The largest absolute Gasteiger partial charge is 0.483 e. The standard InChI is InChI=1S/C21H30FN3O4/c1-12(2)15-18(27-6)24-17(19(23-15)28-7)16(13-10-8-9-11-14(13)22)25-20(26)29-21(3,4)5/h8-12,15-17H,1-7H3,(H,25,26)/t15-,16-,17+/m1/s1. The summed E-state index contributed by atoms with van der Waals surface area (Å²) in [5, 5.41) is 2.73. The number of halogens is 1. The van der Waals surface area contributed by atoms with Gasteiger partial charge in [-0.2, -0.15) is 0 Å². The predicted molar refractivity (Wildman–Crippen MR) is 110 cm³/mol. The van der Waals surface area contributed by atoms with Crippen molar-refractivity contribution in [2.24, 2.45) is 15.9 Å². The second-order valence-electron chi connectivity index (χ2n) is 8.12. The minimum absolute atomic E-state index is 0.116. The summed E-state index contributed by atoms with van der Waals surface area (Å²) in [6, 6.07) is 4.14.